The van der Waals surface area contributed by atoms with E-state index in [4.69, 9.17) is 25.8 Å². The van der Waals surface area contributed by atoms with Gasteiger partial charge < -0.3 is 19.2 Å². The van der Waals surface area contributed by atoms with E-state index in [0.29, 0.717) is 44.9 Å². The van der Waals surface area contributed by atoms with E-state index >= 15 is 0 Å². The molecular weight excluding hydrogens is 456 g/mol. The summed E-state index contributed by atoms with van der Waals surface area (Å²) in [6.07, 6.45) is 1.69. The summed E-state index contributed by atoms with van der Waals surface area (Å²) in [7, 11) is 3.11. The van der Waals surface area contributed by atoms with Gasteiger partial charge in [0.2, 0.25) is 5.75 Å². The van der Waals surface area contributed by atoms with E-state index in [2.05, 4.69) is 9.97 Å². The lowest BCUT2D eigenvalue weighted by molar-refractivity contribution is 0.288. The summed E-state index contributed by atoms with van der Waals surface area (Å²) in [4.78, 5) is 21.9. The van der Waals surface area contributed by atoms with Crippen molar-refractivity contribution in [2.75, 3.05) is 20.8 Å². The molecule has 0 bridgehead atoms. The highest BCUT2D eigenvalue weighted by Crippen LogP contribution is 2.40. The Labute approximate surface area is 191 Å². The maximum absolute atomic E-state index is 12.8. The van der Waals surface area contributed by atoms with Crippen molar-refractivity contribution >= 4 is 55.6 Å². The number of nitrogens with one attached hydrogen (secondary N) is 1. The van der Waals surface area contributed by atoms with Crippen LogP contribution in [0.4, 0.5) is 0 Å². The van der Waals surface area contributed by atoms with Crippen LogP contribution in [0.5, 0.6) is 17.2 Å². The predicted molar refractivity (Wildman–Crippen MR) is 128 cm³/mol. The minimum absolute atomic E-state index is 0.224. The molecule has 6 nitrogen and oxygen atoms in total. The summed E-state index contributed by atoms with van der Waals surface area (Å²) >= 11 is 9.53. The van der Waals surface area contributed by atoms with Gasteiger partial charge in [-0.05, 0) is 42.1 Å². The molecule has 0 aliphatic rings. The number of hydrogen-bond donors (Lipinski definition) is 1. The summed E-state index contributed by atoms with van der Waals surface area (Å²) in [6.45, 7) is 2.36. The average Bonchev–Trinajstić information content (AvgIpc) is 3.44. The van der Waals surface area contributed by atoms with Crippen molar-refractivity contribution in [2.24, 2.45) is 0 Å². The third-order valence-electron chi connectivity index (χ3n) is 4.52. The first-order valence-electron chi connectivity index (χ1n) is 9.37. The number of fused-ring (bicyclic) bond motifs is 1. The molecule has 4 aromatic rings. The van der Waals surface area contributed by atoms with Crippen molar-refractivity contribution in [3.05, 3.63) is 56.8 Å². The fourth-order valence-corrected chi connectivity index (χ4v) is 5.14. The minimum atomic E-state index is -0.224. The number of H-pyrrole nitrogens is 1. The Balaban J connectivity index is 1.76. The fourth-order valence-electron chi connectivity index (χ4n) is 3.16. The number of aromatic nitrogens is 2. The molecule has 0 radical (unpaired) electrons. The second-order valence-corrected chi connectivity index (χ2v) is 8.61. The van der Waals surface area contributed by atoms with E-state index in [1.165, 1.54) is 11.3 Å². The number of methoxy groups -OCH3 is 2. The van der Waals surface area contributed by atoms with E-state index in [-0.39, 0.29) is 5.56 Å². The average molecular weight is 475 g/mol. The van der Waals surface area contributed by atoms with Gasteiger partial charge in [0.25, 0.3) is 5.56 Å². The number of hydrogen-bond acceptors (Lipinski definition) is 7. The van der Waals surface area contributed by atoms with E-state index in [1.807, 2.05) is 29.8 Å². The molecule has 3 heterocycles. The van der Waals surface area contributed by atoms with Gasteiger partial charge in [0.1, 0.15) is 4.83 Å². The molecule has 0 saturated heterocycles. The Hall–Kier alpha value is -2.81. The standard InChI is InChI=1S/C22H19ClN2O4S2/c1-4-29-19-15(27-2)9-12(10-16(19)28-3)8-14(23)20-24-21(26)18-13(11-31-22(18)25-20)17-6-5-7-30-17/h5-11H,4H2,1-3H3,(H,24,25,26)/b14-8-. The number of nitrogens with zero attached hydrogens (tertiary/aromatic N) is 1. The monoisotopic (exact) mass is 474 g/mol. The van der Waals surface area contributed by atoms with Crippen LogP contribution in [-0.2, 0) is 0 Å². The van der Waals surface area contributed by atoms with E-state index in [9.17, 15) is 4.79 Å². The zero-order valence-corrected chi connectivity index (χ0v) is 19.4. The molecule has 4 rings (SSSR count). The van der Waals surface area contributed by atoms with Crippen LogP contribution in [0.1, 0.15) is 18.3 Å². The van der Waals surface area contributed by atoms with Gasteiger partial charge in [-0.25, -0.2) is 4.98 Å². The Morgan fingerprint density at radius 3 is 2.58 bits per heavy atom. The van der Waals surface area contributed by atoms with Crippen LogP contribution in [0.25, 0.3) is 31.8 Å². The van der Waals surface area contributed by atoms with E-state index in [1.54, 1.807) is 43.8 Å². The van der Waals surface area contributed by atoms with Gasteiger partial charge in [-0.1, -0.05) is 17.7 Å². The normalized spacial score (nSPS) is 11.7. The maximum atomic E-state index is 12.8. The van der Waals surface area contributed by atoms with Gasteiger partial charge in [-0.15, -0.1) is 22.7 Å². The van der Waals surface area contributed by atoms with Crippen molar-refractivity contribution in [3.63, 3.8) is 0 Å². The molecule has 1 N–H and O–H groups in total. The lowest BCUT2D eigenvalue weighted by Crippen LogP contribution is -2.10. The summed E-state index contributed by atoms with van der Waals surface area (Å²) in [5.74, 6) is 1.86. The lowest BCUT2D eigenvalue weighted by Gasteiger charge is -2.14. The molecule has 0 amide bonds. The Bertz CT molecular complexity index is 1280. The van der Waals surface area contributed by atoms with Crippen molar-refractivity contribution in [2.45, 2.75) is 6.92 Å². The highest BCUT2D eigenvalue weighted by molar-refractivity contribution is 7.18. The van der Waals surface area contributed by atoms with Crippen molar-refractivity contribution in [3.8, 4) is 27.7 Å². The van der Waals surface area contributed by atoms with Crippen LogP contribution in [0.15, 0.2) is 39.8 Å². The first-order chi connectivity index (χ1) is 15.0. The Kier molecular flexibility index (Phi) is 6.31. The molecule has 3 aromatic heterocycles. The van der Waals surface area contributed by atoms with Crippen LogP contribution < -0.4 is 19.8 Å². The number of ether oxygens (including phenoxy) is 3. The molecule has 0 spiro atoms. The molecule has 31 heavy (non-hydrogen) atoms. The minimum Gasteiger partial charge on any atom is -0.493 e. The number of halogens is 1. The van der Waals surface area contributed by atoms with E-state index < -0.39 is 0 Å². The van der Waals surface area contributed by atoms with Gasteiger partial charge in [-0.3, -0.25) is 4.79 Å². The molecule has 0 aliphatic carbocycles. The molecule has 0 saturated carbocycles. The van der Waals surface area contributed by atoms with Crippen molar-refractivity contribution in [1.29, 1.82) is 0 Å². The lowest BCUT2D eigenvalue weighted by atomic mass is 10.1. The Morgan fingerprint density at radius 2 is 1.97 bits per heavy atom. The third kappa shape index (κ3) is 4.19. The second kappa shape index (κ2) is 9.13. The molecule has 160 valence electrons. The number of thiophene rings is 2. The maximum Gasteiger partial charge on any atom is 0.260 e. The van der Waals surface area contributed by atoms with Gasteiger partial charge in [0.15, 0.2) is 17.3 Å². The smallest absolute Gasteiger partial charge is 0.260 e. The number of benzene rings is 1. The number of rotatable bonds is 7. The highest BCUT2D eigenvalue weighted by Gasteiger charge is 2.16. The molecule has 0 atom stereocenters. The number of aromatic amines is 1. The van der Waals surface area contributed by atoms with Crippen molar-refractivity contribution in [1.82, 2.24) is 9.97 Å². The SMILES string of the molecule is CCOc1c(OC)cc(/C=C(\Cl)c2nc3scc(-c4cccs4)c3c(=O)[nH]2)cc1OC. The molecular formula is C22H19ClN2O4S2. The van der Waals surface area contributed by atoms with Crippen LogP contribution >= 0.6 is 34.3 Å². The first-order valence-corrected chi connectivity index (χ1v) is 11.5. The summed E-state index contributed by atoms with van der Waals surface area (Å²) < 4.78 is 16.5. The van der Waals surface area contributed by atoms with Gasteiger partial charge in [-0.2, -0.15) is 0 Å². The zero-order valence-electron chi connectivity index (χ0n) is 17.0. The summed E-state index contributed by atoms with van der Waals surface area (Å²) in [5, 5.41) is 4.79. The molecule has 0 aliphatic heterocycles. The van der Waals surface area contributed by atoms with E-state index in [0.717, 1.165) is 16.0 Å². The van der Waals surface area contributed by atoms with Crippen LogP contribution in [0.3, 0.4) is 0 Å². The summed E-state index contributed by atoms with van der Waals surface area (Å²) in [6, 6.07) is 7.51. The van der Waals surface area contributed by atoms with Gasteiger partial charge in [0.05, 0.1) is 31.2 Å². The van der Waals surface area contributed by atoms with Crippen LogP contribution in [0, 0.1) is 0 Å². The van der Waals surface area contributed by atoms with Gasteiger partial charge >= 0.3 is 0 Å². The van der Waals surface area contributed by atoms with Crippen LogP contribution in [0.2, 0.25) is 0 Å². The van der Waals surface area contributed by atoms with Crippen LogP contribution in [-0.4, -0.2) is 30.8 Å². The predicted octanol–water partition coefficient (Wildman–Crippen LogP) is 5.87. The molecule has 0 unspecified atom stereocenters. The van der Waals surface area contributed by atoms with Crippen molar-refractivity contribution < 1.29 is 14.2 Å². The fraction of sp³-hybridized carbons (Fsp3) is 0.182. The zero-order chi connectivity index (χ0) is 22.0. The first kappa shape index (κ1) is 21.4. The molecule has 9 heteroatoms. The quantitative estimate of drug-likeness (QED) is 0.363. The second-order valence-electron chi connectivity index (χ2n) is 6.40. The molecule has 0 fully saturated rings. The third-order valence-corrected chi connectivity index (χ3v) is 6.59. The topological polar surface area (TPSA) is 73.4 Å². The van der Waals surface area contributed by atoms with Gasteiger partial charge in [0, 0.05) is 15.8 Å². The Morgan fingerprint density at radius 1 is 1.23 bits per heavy atom. The molecule has 1 aromatic carbocycles. The largest absolute Gasteiger partial charge is 0.493 e. The summed E-state index contributed by atoms with van der Waals surface area (Å²) in [5.41, 5.74) is 1.38. The highest BCUT2D eigenvalue weighted by atomic mass is 35.5.